The summed E-state index contributed by atoms with van der Waals surface area (Å²) >= 11 is 0. The van der Waals surface area contributed by atoms with Gasteiger partial charge in [0, 0.05) is 36.8 Å². The second kappa shape index (κ2) is 5.26. The summed E-state index contributed by atoms with van der Waals surface area (Å²) in [6.45, 7) is 0.773. The molecule has 0 atom stereocenters. The quantitative estimate of drug-likeness (QED) is 0.924. The van der Waals surface area contributed by atoms with Crippen molar-refractivity contribution < 1.29 is 13.2 Å². The van der Waals surface area contributed by atoms with Gasteiger partial charge in [-0.1, -0.05) is 12.1 Å². The van der Waals surface area contributed by atoms with Crippen molar-refractivity contribution in [2.24, 2.45) is 5.73 Å². The SMILES string of the molecule is CS(=O)(=O)N1CC=C(n2ccc3cccc(C(N)=O)c32)CC1. The van der Waals surface area contributed by atoms with Gasteiger partial charge in [-0.3, -0.25) is 4.79 Å². The number of nitrogens with zero attached hydrogens (tertiary/aromatic N) is 2. The second-order valence-electron chi connectivity index (χ2n) is 5.36. The highest BCUT2D eigenvalue weighted by Crippen LogP contribution is 2.26. The van der Waals surface area contributed by atoms with Gasteiger partial charge in [-0.25, -0.2) is 8.42 Å². The number of rotatable bonds is 3. The molecule has 6 nitrogen and oxygen atoms in total. The molecule has 1 aliphatic heterocycles. The molecule has 0 aliphatic carbocycles. The molecule has 7 heteroatoms. The molecule has 0 spiro atoms. The third kappa shape index (κ3) is 2.53. The summed E-state index contributed by atoms with van der Waals surface area (Å²) in [5, 5.41) is 0.933. The monoisotopic (exact) mass is 319 g/mol. The lowest BCUT2D eigenvalue weighted by Gasteiger charge is -2.25. The first-order valence-electron chi connectivity index (χ1n) is 6.92. The van der Waals surface area contributed by atoms with Crippen molar-refractivity contribution in [1.82, 2.24) is 8.87 Å². The van der Waals surface area contributed by atoms with Gasteiger partial charge in [0.2, 0.25) is 10.0 Å². The molecule has 1 amide bonds. The van der Waals surface area contributed by atoms with Gasteiger partial charge in [-0.05, 0) is 18.2 Å². The minimum atomic E-state index is -3.18. The largest absolute Gasteiger partial charge is 0.366 e. The molecule has 2 N–H and O–H groups in total. The lowest BCUT2D eigenvalue weighted by atomic mass is 10.1. The highest BCUT2D eigenvalue weighted by atomic mass is 32.2. The smallest absolute Gasteiger partial charge is 0.250 e. The molecule has 0 bridgehead atoms. The van der Waals surface area contributed by atoms with Crippen LogP contribution in [0.5, 0.6) is 0 Å². The molecule has 0 unspecified atom stereocenters. The second-order valence-corrected chi connectivity index (χ2v) is 7.34. The molecule has 1 aliphatic rings. The maximum absolute atomic E-state index is 11.6. The van der Waals surface area contributed by atoms with Crippen LogP contribution in [0.1, 0.15) is 16.8 Å². The molecular weight excluding hydrogens is 302 g/mol. The molecule has 0 saturated carbocycles. The van der Waals surface area contributed by atoms with Crippen LogP contribution in [0.25, 0.3) is 16.6 Å². The first-order chi connectivity index (χ1) is 10.4. The zero-order valence-electron chi connectivity index (χ0n) is 12.2. The van der Waals surface area contributed by atoms with E-state index in [9.17, 15) is 13.2 Å². The zero-order chi connectivity index (χ0) is 15.9. The van der Waals surface area contributed by atoms with Crippen molar-refractivity contribution in [2.75, 3.05) is 19.3 Å². The minimum Gasteiger partial charge on any atom is -0.366 e. The number of aromatic nitrogens is 1. The first kappa shape index (κ1) is 14.8. The fraction of sp³-hybridized carbons (Fsp3) is 0.267. The van der Waals surface area contributed by atoms with Crippen LogP contribution in [0.15, 0.2) is 36.5 Å². The summed E-state index contributed by atoms with van der Waals surface area (Å²) in [4.78, 5) is 11.6. The van der Waals surface area contributed by atoms with E-state index in [4.69, 9.17) is 5.73 Å². The summed E-state index contributed by atoms with van der Waals surface area (Å²) in [5.74, 6) is -0.472. The highest BCUT2D eigenvalue weighted by molar-refractivity contribution is 7.88. The van der Waals surface area contributed by atoms with E-state index >= 15 is 0 Å². The molecule has 1 aromatic carbocycles. The Hall–Kier alpha value is -2.12. The average Bonchev–Trinajstić information content (AvgIpc) is 2.90. The number of para-hydroxylation sites is 1. The lowest BCUT2D eigenvalue weighted by Crippen LogP contribution is -2.34. The molecule has 0 radical (unpaired) electrons. The average molecular weight is 319 g/mol. The number of hydrogen-bond acceptors (Lipinski definition) is 3. The maximum atomic E-state index is 11.6. The van der Waals surface area contributed by atoms with Gasteiger partial charge in [0.15, 0.2) is 0 Å². The number of primary amides is 1. The Kier molecular flexibility index (Phi) is 3.54. The number of nitrogens with two attached hydrogens (primary N) is 1. The van der Waals surface area contributed by atoms with Crippen LogP contribution in [0, 0.1) is 0 Å². The van der Waals surface area contributed by atoms with Gasteiger partial charge in [0.05, 0.1) is 17.3 Å². The molecule has 0 fully saturated rings. The van der Waals surface area contributed by atoms with Gasteiger partial charge in [0.1, 0.15) is 0 Å². The van der Waals surface area contributed by atoms with Gasteiger partial charge in [-0.2, -0.15) is 4.31 Å². The van der Waals surface area contributed by atoms with Gasteiger partial charge >= 0.3 is 0 Å². The van der Waals surface area contributed by atoms with Crippen LogP contribution >= 0.6 is 0 Å². The van der Waals surface area contributed by atoms with Crippen molar-refractivity contribution in [1.29, 1.82) is 0 Å². The number of sulfonamides is 1. The Morgan fingerprint density at radius 2 is 2.05 bits per heavy atom. The van der Waals surface area contributed by atoms with Gasteiger partial charge in [0.25, 0.3) is 5.91 Å². The van der Waals surface area contributed by atoms with Gasteiger partial charge < -0.3 is 10.3 Å². The van der Waals surface area contributed by atoms with E-state index in [0.29, 0.717) is 25.1 Å². The summed E-state index contributed by atoms with van der Waals surface area (Å²) in [6, 6.07) is 7.34. The fourth-order valence-corrected chi connectivity index (χ4v) is 3.56. The topological polar surface area (TPSA) is 85.4 Å². The molecule has 2 aromatic rings. The number of hydrogen-bond donors (Lipinski definition) is 1. The minimum absolute atomic E-state index is 0.340. The summed E-state index contributed by atoms with van der Waals surface area (Å²) in [6.07, 6.45) is 5.56. The summed E-state index contributed by atoms with van der Waals surface area (Å²) in [7, 11) is -3.18. The predicted octanol–water partition coefficient (Wildman–Crippen LogP) is 1.25. The molecule has 3 rings (SSSR count). The molecule has 2 heterocycles. The van der Waals surface area contributed by atoms with E-state index in [1.165, 1.54) is 10.6 Å². The normalized spacial score (nSPS) is 16.7. The molecule has 116 valence electrons. The van der Waals surface area contributed by atoms with E-state index < -0.39 is 15.9 Å². The zero-order valence-corrected chi connectivity index (χ0v) is 13.0. The Morgan fingerprint density at radius 3 is 2.64 bits per heavy atom. The van der Waals surface area contributed by atoms with Crippen LogP contribution < -0.4 is 5.73 Å². The third-order valence-electron chi connectivity index (χ3n) is 3.90. The highest BCUT2D eigenvalue weighted by Gasteiger charge is 2.21. The van der Waals surface area contributed by atoms with Crippen LogP contribution in [-0.4, -0.2) is 42.5 Å². The Bertz CT molecular complexity index is 881. The third-order valence-corrected chi connectivity index (χ3v) is 5.17. The molecule has 22 heavy (non-hydrogen) atoms. The van der Waals surface area contributed by atoms with Crippen LogP contribution in [0.2, 0.25) is 0 Å². The van der Waals surface area contributed by atoms with Crippen molar-refractivity contribution >= 4 is 32.5 Å². The lowest BCUT2D eigenvalue weighted by molar-refractivity contribution is 0.100. The number of benzene rings is 1. The van der Waals surface area contributed by atoms with Crippen molar-refractivity contribution in [3.63, 3.8) is 0 Å². The van der Waals surface area contributed by atoms with E-state index in [1.54, 1.807) is 12.1 Å². The number of carbonyl (C=O) groups excluding carboxylic acids is 1. The van der Waals surface area contributed by atoms with E-state index in [0.717, 1.165) is 16.6 Å². The van der Waals surface area contributed by atoms with Gasteiger partial charge in [-0.15, -0.1) is 0 Å². The fourth-order valence-electron chi connectivity index (χ4n) is 2.79. The summed E-state index contributed by atoms with van der Waals surface area (Å²) in [5.41, 5.74) is 7.67. The maximum Gasteiger partial charge on any atom is 0.250 e. The van der Waals surface area contributed by atoms with Crippen LogP contribution in [0.3, 0.4) is 0 Å². The van der Waals surface area contributed by atoms with E-state index in [1.807, 2.05) is 29.0 Å². The molecular formula is C15H17N3O3S. The van der Waals surface area contributed by atoms with Crippen LogP contribution in [0.4, 0.5) is 0 Å². The first-order valence-corrected chi connectivity index (χ1v) is 8.77. The van der Waals surface area contributed by atoms with Crippen molar-refractivity contribution in [2.45, 2.75) is 6.42 Å². The van der Waals surface area contributed by atoms with Crippen LogP contribution in [-0.2, 0) is 10.0 Å². The van der Waals surface area contributed by atoms with Crippen molar-refractivity contribution in [3.8, 4) is 0 Å². The number of carbonyl (C=O) groups is 1. The van der Waals surface area contributed by atoms with Crippen molar-refractivity contribution in [3.05, 3.63) is 42.1 Å². The summed E-state index contributed by atoms with van der Waals surface area (Å²) < 4.78 is 26.5. The van der Waals surface area contributed by atoms with E-state index in [-0.39, 0.29) is 0 Å². The van der Waals surface area contributed by atoms with E-state index in [2.05, 4.69) is 0 Å². The molecule has 1 aromatic heterocycles. The number of fused-ring (bicyclic) bond motifs is 1. The Morgan fingerprint density at radius 1 is 1.27 bits per heavy atom. The Balaban J connectivity index is 2.05. The predicted molar refractivity (Wildman–Crippen MR) is 85.8 cm³/mol. The Labute approximate surface area is 128 Å². The molecule has 0 saturated heterocycles. The standard InChI is InChI=1S/C15H17N3O3S/c1-22(20,21)17-8-6-12(7-9-17)18-10-5-11-3-2-4-13(14(11)18)15(16)19/h2-6,10H,7-9H2,1H3,(H2,16,19). The number of amides is 1.